The Morgan fingerprint density at radius 3 is 2.29 bits per heavy atom. The van der Waals surface area contributed by atoms with Gasteiger partial charge in [0.15, 0.2) is 0 Å². The van der Waals surface area contributed by atoms with Crippen LogP contribution in [0.5, 0.6) is 0 Å². The summed E-state index contributed by atoms with van der Waals surface area (Å²) in [5.41, 5.74) is 0.908. The molecule has 0 unspecified atom stereocenters. The van der Waals surface area contributed by atoms with Crippen molar-refractivity contribution in [1.29, 1.82) is 0 Å². The molecule has 0 aliphatic heterocycles. The molecule has 1 heterocycles. The van der Waals surface area contributed by atoms with Crippen LogP contribution in [-0.2, 0) is 6.42 Å². The Morgan fingerprint density at radius 1 is 1.00 bits per heavy atom. The molecule has 0 aliphatic rings. The molecule has 0 saturated heterocycles. The first-order valence-corrected chi connectivity index (χ1v) is 4.98. The van der Waals surface area contributed by atoms with E-state index in [1.54, 1.807) is 6.26 Å². The summed E-state index contributed by atoms with van der Waals surface area (Å²) < 4.78 is 5.23. The standard InChI is InChI=1S/C11H8Cl2O/c12-10-4-1-5-11(13)9(10)7-8-3-2-6-14-8/h1-6H,7H2. The Hall–Kier alpha value is -0.920. The van der Waals surface area contributed by atoms with Gasteiger partial charge in [0.05, 0.1) is 6.26 Å². The molecule has 0 fully saturated rings. The van der Waals surface area contributed by atoms with Crippen LogP contribution in [0, 0.1) is 0 Å². The summed E-state index contributed by atoms with van der Waals surface area (Å²) in [6, 6.07) is 9.23. The fourth-order valence-electron chi connectivity index (χ4n) is 1.29. The normalized spacial score (nSPS) is 10.4. The van der Waals surface area contributed by atoms with Crippen molar-refractivity contribution < 1.29 is 4.42 Å². The number of hydrogen-bond acceptors (Lipinski definition) is 1. The van der Waals surface area contributed by atoms with Crippen LogP contribution in [0.25, 0.3) is 0 Å². The summed E-state index contributed by atoms with van der Waals surface area (Å²) in [7, 11) is 0. The van der Waals surface area contributed by atoms with Crippen LogP contribution >= 0.6 is 23.2 Å². The minimum absolute atomic E-state index is 0.630. The Bertz CT molecular complexity index is 401. The highest BCUT2D eigenvalue weighted by atomic mass is 35.5. The van der Waals surface area contributed by atoms with Gasteiger partial charge in [-0.2, -0.15) is 0 Å². The lowest BCUT2D eigenvalue weighted by Crippen LogP contribution is -1.88. The van der Waals surface area contributed by atoms with Gasteiger partial charge < -0.3 is 4.42 Å². The smallest absolute Gasteiger partial charge is 0.108 e. The second kappa shape index (κ2) is 4.07. The highest BCUT2D eigenvalue weighted by molar-refractivity contribution is 6.36. The lowest BCUT2D eigenvalue weighted by atomic mass is 10.1. The van der Waals surface area contributed by atoms with Crippen molar-refractivity contribution in [3.63, 3.8) is 0 Å². The molecular weight excluding hydrogens is 219 g/mol. The monoisotopic (exact) mass is 226 g/mol. The number of rotatable bonds is 2. The quantitative estimate of drug-likeness (QED) is 0.750. The van der Waals surface area contributed by atoms with E-state index in [2.05, 4.69) is 0 Å². The van der Waals surface area contributed by atoms with E-state index < -0.39 is 0 Å². The zero-order chi connectivity index (χ0) is 9.97. The van der Waals surface area contributed by atoms with Gasteiger partial charge >= 0.3 is 0 Å². The molecule has 0 aliphatic carbocycles. The van der Waals surface area contributed by atoms with Gasteiger partial charge in [0.25, 0.3) is 0 Å². The molecular formula is C11H8Cl2O. The van der Waals surface area contributed by atoms with Crippen molar-refractivity contribution in [2.24, 2.45) is 0 Å². The van der Waals surface area contributed by atoms with Crippen molar-refractivity contribution in [1.82, 2.24) is 0 Å². The van der Waals surface area contributed by atoms with Crippen molar-refractivity contribution in [2.45, 2.75) is 6.42 Å². The number of halogens is 2. The molecule has 72 valence electrons. The molecule has 0 amide bonds. The topological polar surface area (TPSA) is 13.1 Å². The van der Waals surface area contributed by atoms with E-state index in [1.807, 2.05) is 30.3 Å². The fraction of sp³-hybridized carbons (Fsp3) is 0.0909. The van der Waals surface area contributed by atoms with Crippen molar-refractivity contribution in [3.8, 4) is 0 Å². The highest BCUT2D eigenvalue weighted by Crippen LogP contribution is 2.26. The maximum absolute atomic E-state index is 6.02. The zero-order valence-corrected chi connectivity index (χ0v) is 8.85. The van der Waals surface area contributed by atoms with Crippen LogP contribution in [0.1, 0.15) is 11.3 Å². The Balaban J connectivity index is 2.33. The maximum atomic E-state index is 6.02. The molecule has 0 bridgehead atoms. The first kappa shape index (κ1) is 9.63. The SMILES string of the molecule is Clc1cccc(Cl)c1Cc1ccco1. The molecule has 2 aromatic rings. The minimum atomic E-state index is 0.630. The number of hydrogen-bond donors (Lipinski definition) is 0. The van der Waals surface area contributed by atoms with E-state index in [9.17, 15) is 0 Å². The van der Waals surface area contributed by atoms with Crippen LogP contribution in [-0.4, -0.2) is 0 Å². The summed E-state index contributed by atoms with van der Waals surface area (Å²) in [6.07, 6.45) is 2.27. The van der Waals surface area contributed by atoms with Gasteiger partial charge in [-0.15, -0.1) is 0 Å². The lowest BCUT2D eigenvalue weighted by Gasteiger charge is -2.03. The average Bonchev–Trinajstić information content (AvgIpc) is 2.64. The molecule has 0 spiro atoms. The van der Waals surface area contributed by atoms with E-state index in [4.69, 9.17) is 27.6 Å². The second-order valence-corrected chi connectivity index (χ2v) is 3.77. The third-order valence-electron chi connectivity index (χ3n) is 1.99. The summed E-state index contributed by atoms with van der Waals surface area (Å²) >= 11 is 12.0. The van der Waals surface area contributed by atoms with E-state index in [1.165, 1.54) is 0 Å². The highest BCUT2D eigenvalue weighted by Gasteiger charge is 2.07. The first-order valence-electron chi connectivity index (χ1n) is 4.22. The zero-order valence-electron chi connectivity index (χ0n) is 7.34. The predicted molar refractivity (Wildman–Crippen MR) is 58.0 cm³/mol. The average molecular weight is 227 g/mol. The molecule has 2 rings (SSSR count). The molecule has 0 saturated carbocycles. The molecule has 1 aromatic carbocycles. The lowest BCUT2D eigenvalue weighted by molar-refractivity contribution is 0.521. The number of benzene rings is 1. The van der Waals surface area contributed by atoms with Crippen LogP contribution in [0.3, 0.4) is 0 Å². The van der Waals surface area contributed by atoms with Crippen molar-refractivity contribution >= 4 is 23.2 Å². The Labute approximate surface area is 92.3 Å². The summed E-state index contributed by atoms with van der Waals surface area (Å²) in [6.45, 7) is 0. The largest absolute Gasteiger partial charge is 0.469 e. The molecule has 0 radical (unpaired) electrons. The van der Waals surface area contributed by atoms with Crippen LogP contribution in [0.2, 0.25) is 10.0 Å². The molecule has 0 N–H and O–H groups in total. The van der Waals surface area contributed by atoms with E-state index >= 15 is 0 Å². The van der Waals surface area contributed by atoms with Crippen LogP contribution < -0.4 is 0 Å². The molecule has 14 heavy (non-hydrogen) atoms. The van der Waals surface area contributed by atoms with Gasteiger partial charge in [0, 0.05) is 16.5 Å². The van der Waals surface area contributed by atoms with E-state index in [0.717, 1.165) is 11.3 Å². The minimum Gasteiger partial charge on any atom is -0.469 e. The van der Waals surface area contributed by atoms with E-state index in [-0.39, 0.29) is 0 Å². The first-order chi connectivity index (χ1) is 6.77. The van der Waals surface area contributed by atoms with Gasteiger partial charge in [0.1, 0.15) is 5.76 Å². The molecule has 3 heteroatoms. The van der Waals surface area contributed by atoms with Gasteiger partial charge in [-0.05, 0) is 29.8 Å². The Kier molecular flexibility index (Phi) is 2.80. The molecule has 1 nitrogen and oxygen atoms in total. The van der Waals surface area contributed by atoms with Gasteiger partial charge in [-0.1, -0.05) is 29.3 Å². The second-order valence-electron chi connectivity index (χ2n) is 2.96. The fourth-order valence-corrected chi connectivity index (χ4v) is 1.82. The third-order valence-corrected chi connectivity index (χ3v) is 2.70. The third kappa shape index (κ3) is 1.94. The Morgan fingerprint density at radius 2 is 1.71 bits per heavy atom. The molecule has 1 aromatic heterocycles. The number of furan rings is 1. The summed E-state index contributed by atoms with van der Waals surface area (Å²) in [4.78, 5) is 0. The maximum Gasteiger partial charge on any atom is 0.108 e. The van der Waals surface area contributed by atoms with E-state index in [0.29, 0.717) is 16.5 Å². The van der Waals surface area contributed by atoms with Gasteiger partial charge in [-0.3, -0.25) is 0 Å². The predicted octanol–water partition coefficient (Wildman–Crippen LogP) is 4.18. The molecule has 0 atom stereocenters. The summed E-state index contributed by atoms with van der Waals surface area (Å²) in [5.74, 6) is 0.861. The van der Waals surface area contributed by atoms with Crippen molar-refractivity contribution in [2.75, 3.05) is 0 Å². The summed E-state index contributed by atoms with van der Waals surface area (Å²) in [5, 5.41) is 1.35. The van der Waals surface area contributed by atoms with Crippen LogP contribution in [0.4, 0.5) is 0 Å². The van der Waals surface area contributed by atoms with Crippen LogP contribution in [0.15, 0.2) is 41.0 Å². The van der Waals surface area contributed by atoms with Gasteiger partial charge in [-0.25, -0.2) is 0 Å². The van der Waals surface area contributed by atoms with Gasteiger partial charge in [0.2, 0.25) is 0 Å². The van der Waals surface area contributed by atoms with Crippen molar-refractivity contribution in [3.05, 3.63) is 58.0 Å².